The Morgan fingerprint density at radius 3 is 2.66 bits per heavy atom. The van der Waals surface area contributed by atoms with Crippen LogP contribution in [-0.4, -0.2) is 27.8 Å². The highest BCUT2D eigenvalue weighted by Crippen LogP contribution is 2.25. The highest BCUT2D eigenvalue weighted by Gasteiger charge is 2.17. The molecule has 0 aliphatic rings. The van der Waals surface area contributed by atoms with Crippen LogP contribution in [0.1, 0.15) is 16.1 Å². The van der Waals surface area contributed by atoms with Crippen molar-refractivity contribution in [1.82, 2.24) is 20.1 Å². The first-order valence-electron chi connectivity index (χ1n) is 9.21. The molecule has 0 atom stereocenters. The molecule has 0 saturated heterocycles. The summed E-state index contributed by atoms with van der Waals surface area (Å²) in [6, 6.07) is 22.8. The van der Waals surface area contributed by atoms with E-state index in [1.165, 1.54) is 0 Å². The number of amides is 1. The Kier molecular flexibility index (Phi) is 5.33. The standard InChI is InChI=1S/C23H20N4O2/c1-29-20-11-5-8-18(13-20)21-14-22(27(26-21)19-9-3-2-4-10-19)23(28)25-16-17-7-6-12-24-15-17/h2-15H,16H2,1H3,(H,25,28). The zero-order valence-corrected chi connectivity index (χ0v) is 15.9. The molecule has 4 aromatic rings. The second-order valence-electron chi connectivity index (χ2n) is 6.44. The van der Waals surface area contributed by atoms with Gasteiger partial charge in [0.1, 0.15) is 11.4 Å². The molecule has 6 nitrogen and oxygen atoms in total. The van der Waals surface area contributed by atoms with E-state index in [1.54, 1.807) is 30.3 Å². The van der Waals surface area contributed by atoms with Crippen LogP contribution in [-0.2, 0) is 6.54 Å². The summed E-state index contributed by atoms with van der Waals surface area (Å²) in [4.78, 5) is 17.0. The molecule has 0 fully saturated rings. The summed E-state index contributed by atoms with van der Waals surface area (Å²) >= 11 is 0. The van der Waals surface area contributed by atoms with E-state index in [1.807, 2.05) is 66.7 Å². The molecule has 2 aromatic heterocycles. The molecule has 0 unspecified atom stereocenters. The summed E-state index contributed by atoms with van der Waals surface area (Å²) in [7, 11) is 1.62. The van der Waals surface area contributed by atoms with Crippen LogP contribution in [0, 0.1) is 0 Å². The van der Waals surface area contributed by atoms with Crippen molar-refractivity contribution < 1.29 is 9.53 Å². The fourth-order valence-corrected chi connectivity index (χ4v) is 3.01. The zero-order chi connectivity index (χ0) is 20.1. The number of hydrogen-bond acceptors (Lipinski definition) is 4. The Morgan fingerprint density at radius 1 is 1.03 bits per heavy atom. The third-order valence-electron chi connectivity index (χ3n) is 4.48. The quantitative estimate of drug-likeness (QED) is 0.548. The van der Waals surface area contributed by atoms with E-state index in [4.69, 9.17) is 9.84 Å². The Morgan fingerprint density at radius 2 is 1.90 bits per heavy atom. The van der Waals surface area contributed by atoms with Crippen molar-refractivity contribution in [3.63, 3.8) is 0 Å². The van der Waals surface area contributed by atoms with Crippen molar-refractivity contribution >= 4 is 5.91 Å². The second kappa shape index (κ2) is 8.39. The van der Waals surface area contributed by atoms with Gasteiger partial charge in [-0.2, -0.15) is 5.10 Å². The van der Waals surface area contributed by atoms with Crippen LogP contribution in [0.3, 0.4) is 0 Å². The summed E-state index contributed by atoms with van der Waals surface area (Å²) in [5.41, 5.74) is 3.77. The average molecular weight is 384 g/mol. The number of methoxy groups -OCH3 is 1. The SMILES string of the molecule is COc1cccc(-c2cc(C(=O)NCc3cccnc3)n(-c3ccccc3)n2)c1. The van der Waals surface area contributed by atoms with Crippen LogP contribution < -0.4 is 10.1 Å². The van der Waals surface area contributed by atoms with Gasteiger partial charge in [-0.25, -0.2) is 4.68 Å². The van der Waals surface area contributed by atoms with E-state index >= 15 is 0 Å². The van der Waals surface area contributed by atoms with Crippen molar-refractivity contribution in [2.45, 2.75) is 6.54 Å². The minimum Gasteiger partial charge on any atom is -0.497 e. The lowest BCUT2D eigenvalue weighted by molar-refractivity contribution is 0.0943. The third-order valence-corrected chi connectivity index (χ3v) is 4.48. The molecular formula is C23H20N4O2. The number of carbonyl (C=O) groups is 1. The molecule has 0 radical (unpaired) electrons. The number of rotatable bonds is 6. The molecular weight excluding hydrogens is 364 g/mol. The van der Waals surface area contributed by atoms with Gasteiger partial charge in [-0.3, -0.25) is 9.78 Å². The van der Waals surface area contributed by atoms with Crippen LogP contribution >= 0.6 is 0 Å². The summed E-state index contributed by atoms with van der Waals surface area (Å²) in [6.45, 7) is 0.390. The van der Waals surface area contributed by atoms with Gasteiger partial charge >= 0.3 is 0 Å². The van der Waals surface area contributed by atoms with Crippen molar-refractivity contribution in [3.8, 4) is 22.7 Å². The van der Waals surface area contributed by atoms with Gasteiger partial charge in [-0.1, -0.05) is 36.4 Å². The molecule has 1 amide bonds. The van der Waals surface area contributed by atoms with Gasteiger partial charge < -0.3 is 10.1 Å². The number of para-hydroxylation sites is 1. The molecule has 2 heterocycles. The van der Waals surface area contributed by atoms with E-state index in [2.05, 4.69) is 10.3 Å². The van der Waals surface area contributed by atoms with Crippen molar-refractivity contribution in [3.05, 3.63) is 96.4 Å². The van der Waals surface area contributed by atoms with E-state index in [0.29, 0.717) is 17.9 Å². The topological polar surface area (TPSA) is 69.0 Å². The minimum atomic E-state index is -0.209. The first-order valence-corrected chi connectivity index (χ1v) is 9.21. The second-order valence-corrected chi connectivity index (χ2v) is 6.44. The average Bonchev–Trinajstić information content (AvgIpc) is 3.24. The number of carbonyl (C=O) groups excluding carboxylic acids is 1. The molecule has 4 rings (SSSR count). The lowest BCUT2D eigenvalue weighted by Gasteiger charge is -2.08. The van der Waals surface area contributed by atoms with E-state index in [-0.39, 0.29) is 5.91 Å². The monoisotopic (exact) mass is 384 g/mol. The van der Waals surface area contributed by atoms with Gasteiger partial charge in [-0.15, -0.1) is 0 Å². The van der Waals surface area contributed by atoms with Crippen LogP contribution in [0.15, 0.2) is 85.2 Å². The summed E-state index contributed by atoms with van der Waals surface area (Å²) < 4.78 is 6.97. The highest BCUT2D eigenvalue weighted by molar-refractivity contribution is 5.94. The molecule has 0 aliphatic carbocycles. The molecule has 144 valence electrons. The summed E-state index contributed by atoms with van der Waals surface area (Å²) in [5.74, 6) is 0.527. The van der Waals surface area contributed by atoms with E-state index in [9.17, 15) is 4.79 Å². The molecule has 0 spiro atoms. The lowest BCUT2D eigenvalue weighted by atomic mass is 10.1. The first kappa shape index (κ1) is 18.4. The van der Waals surface area contributed by atoms with E-state index in [0.717, 1.165) is 22.6 Å². The number of ether oxygens (including phenoxy) is 1. The number of hydrogen-bond donors (Lipinski definition) is 1. The Hall–Kier alpha value is -3.93. The maximum absolute atomic E-state index is 13.0. The largest absolute Gasteiger partial charge is 0.497 e. The van der Waals surface area contributed by atoms with Crippen LogP contribution in [0.5, 0.6) is 5.75 Å². The maximum Gasteiger partial charge on any atom is 0.270 e. The van der Waals surface area contributed by atoms with Gasteiger partial charge in [0.2, 0.25) is 0 Å². The molecule has 1 N–H and O–H groups in total. The van der Waals surface area contributed by atoms with Gasteiger partial charge in [0.15, 0.2) is 0 Å². The Labute approximate surface area is 168 Å². The first-order chi connectivity index (χ1) is 14.2. The van der Waals surface area contributed by atoms with Gasteiger partial charge in [0.05, 0.1) is 18.5 Å². The lowest BCUT2D eigenvalue weighted by Crippen LogP contribution is -2.25. The molecule has 29 heavy (non-hydrogen) atoms. The Bertz CT molecular complexity index is 1110. The van der Waals surface area contributed by atoms with Crippen LogP contribution in [0.25, 0.3) is 16.9 Å². The van der Waals surface area contributed by atoms with Gasteiger partial charge in [-0.05, 0) is 42.0 Å². The predicted molar refractivity (Wildman–Crippen MR) is 111 cm³/mol. The van der Waals surface area contributed by atoms with E-state index < -0.39 is 0 Å². The normalized spacial score (nSPS) is 10.5. The van der Waals surface area contributed by atoms with Crippen LogP contribution in [0.4, 0.5) is 0 Å². The molecule has 0 aliphatic heterocycles. The predicted octanol–water partition coefficient (Wildman–Crippen LogP) is 3.87. The number of benzene rings is 2. The number of aromatic nitrogens is 3. The maximum atomic E-state index is 13.0. The fourth-order valence-electron chi connectivity index (χ4n) is 3.01. The summed E-state index contributed by atoms with van der Waals surface area (Å²) in [5, 5.41) is 7.64. The van der Waals surface area contributed by atoms with Crippen molar-refractivity contribution in [1.29, 1.82) is 0 Å². The van der Waals surface area contributed by atoms with Crippen molar-refractivity contribution in [2.24, 2.45) is 0 Å². The van der Waals surface area contributed by atoms with Crippen molar-refractivity contribution in [2.75, 3.05) is 7.11 Å². The number of pyridine rings is 1. The fraction of sp³-hybridized carbons (Fsp3) is 0.0870. The number of nitrogens with zero attached hydrogens (tertiary/aromatic N) is 3. The number of nitrogens with one attached hydrogen (secondary N) is 1. The minimum absolute atomic E-state index is 0.209. The summed E-state index contributed by atoms with van der Waals surface area (Å²) in [6.07, 6.45) is 3.44. The molecule has 2 aromatic carbocycles. The molecule has 0 bridgehead atoms. The molecule has 0 saturated carbocycles. The smallest absolute Gasteiger partial charge is 0.270 e. The zero-order valence-electron chi connectivity index (χ0n) is 15.9. The molecule has 6 heteroatoms. The Balaban J connectivity index is 1.69. The third kappa shape index (κ3) is 4.16. The van der Waals surface area contributed by atoms with Gasteiger partial charge in [0.25, 0.3) is 5.91 Å². The highest BCUT2D eigenvalue weighted by atomic mass is 16.5. The van der Waals surface area contributed by atoms with Gasteiger partial charge in [0, 0.05) is 24.5 Å². The van der Waals surface area contributed by atoms with Crippen LogP contribution in [0.2, 0.25) is 0 Å².